The lowest BCUT2D eigenvalue weighted by molar-refractivity contribution is 0.127. The minimum Gasteiger partial charge on any atom is -0.396 e. The second-order valence-corrected chi connectivity index (χ2v) is 5.53. The summed E-state index contributed by atoms with van der Waals surface area (Å²) in [6, 6.07) is 6.66. The SMILES string of the molecule is Cl.OCC1CCN(Cc2cccc3c2NCC3)CC1. The Morgan fingerprint density at radius 3 is 2.79 bits per heavy atom. The smallest absolute Gasteiger partial charge is 0.0460 e. The fourth-order valence-electron chi connectivity index (χ4n) is 3.11. The van der Waals surface area contributed by atoms with E-state index in [1.54, 1.807) is 0 Å². The van der Waals surface area contributed by atoms with Gasteiger partial charge in [0.25, 0.3) is 0 Å². The molecule has 0 saturated carbocycles. The van der Waals surface area contributed by atoms with Crippen LogP contribution in [0.15, 0.2) is 18.2 Å². The molecule has 106 valence electrons. The Morgan fingerprint density at radius 2 is 2.05 bits per heavy atom. The van der Waals surface area contributed by atoms with E-state index in [1.807, 2.05) is 0 Å². The molecule has 19 heavy (non-hydrogen) atoms. The number of nitrogens with one attached hydrogen (secondary N) is 1. The van der Waals surface area contributed by atoms with E-state index in [4.69, 9.17) is 5.11 Å². The van der Waals surface area contributed by atoms with Gasteiger partial charge in [0.15, 0.2) is 0 Å². The molecule has 0 aliphatic carbocycles. The number of halogens is 1. The number of rotatable bonds is 3. The fraction of sp³-hybridized carbons (Fsp3) is 0.600. The lowest BCUT2D eigenvalue weighted by Gasteiger charge is -2.31. The maximum atomic E-state index is 9.17. The van der Waals surface area contributed by atoms with Crippen LogP contribution < -0.4 is 5.32 Å². The van der Waals surface area contributed by atoms with Crippen LogP contribution in [0.3, 0.4) is 0 Å². The van der Waals surface area contributed by atoms with Crippen molar-refractivity contribution >= 4 is 18.1 Å². The fourth-order valence-corrected chi connectivity index (χ4v) is 3.11. The molecular weight excluding hydrogens is 260 g/mol. The number of piperidine rings is 1. The van der Waals surface area contributed by atoms with Crippen molar-refractivity contribution in [3.63, 3.8) is 0 Å². The summed E-state index contributed by atoms with van der Waals surface area (Å²) in [5.41, 5.74) is 4.28. The molecule has 0 bridgehead atoms. The number of anilines is 1. The third kappa shape index (κ3) is 3.22. The first kappa shape index (κ1) is 14.6. The molecule has 1 aromatic rings. The van der Waals surface area contributed by atoms with Crippen molar-refractivity contribution in [1.29, 1.82) is 0 Å². The van der Waals surface area contributed by atoms with Gasteiger partial charge in [-0.25, -0.2) is 0 Å². The molecule has 1 saturated heterocycles. The quantitative estimate of drug-likeness (QED) is 0.893. The highest BCUT2D eigenvalue weighted by Crippen LogP contribution is 2.28. The molecule has 0 unspecified atom stereocenters. The third-order valence-electron chi connectivity index (χ3n) is 4.29. The van der Waals surface area contributed by atoms with Crippen molar-refractivity contribution in [2.75, 3.05) is 31.6 Å². The molecule has 1 aromatic carbocycles. The number of likely N-dealkylation sites (tertiary alicyclic amines) is 1. The van der Waals surface area contributed by atoms with Crippen LogP contribution in [0.1, 0.15) is 24.0 Å². The highest BCUT2D eigenvalue weighted by Gasteiger charge is 2.20. The molecule has 2 heterocycles. The first-order valence-corrected chi connectivity index (χ1v) is 7.04. The Kier molecular flexibility index (Phi) is 5.08. The molecular formula is C15H23ClN2O. The molecule has 0 spiro atoms. The molecule has 2 aliphatic rings. The molecule has 0 radical (unpaired) electrons. The van der Waals surface area contributed by atoms with Gasteiger partial charge >= 0.3 is 0 Å². The number of hydrogen-bond acceptors (Lipinski definition) is 3. The summed E-state index contributed by atoms with van der Waals surface area (Å²) in [5, 5.41) is 12.7. The lowest BCUT2D eigenvalue weighted by atomic mass is 9.97. The minimum absolute atomic E-state index is 0. The second kappa shape index (κ2) is 6.60. The Bertz CT molecular complexity index is 417. The van der Waals surface area contributed by atoms with Crippen molar-refractivity contribution < 1.29 is 5.11 Å². The Hall–Kier alpha value is -0.770. The number of nitrogens with zero attached hydrogens (tertiary/aromatic N) is 1. The molecule has 4 heteroatoms. The summed E-state index contributed by atoms with van der Waals surface area (Å²) in [4.78, 5) is 2.52. The van der Waals surface area contributed by atoms with Gasteiger partial charge in [-0.1, -0.05) is 18.2 Å². The van der Waals surface area contributed by atoms with E-state index >= 15 is 0 Å². The monoisotopic (exact) mass is 282 g/mol. The zero-order valence-electron chi connectivity index (χ0n) is 11.3. The molecule has 3 nitrogen and oxygen atoms in total. The Balaban J connectivity index is 0.00000133. The highest BCUT2D eigenvalue weighted by atomic mass is 35.5. The van der Waals surface area contributed by atoms with E-state index in [0.717, 1.165) is 45.4 Å². The average Bonchev–Trinajstić information content (AvgIpc) is 2.89. The van der Waals surface area contributed by atoms with Crippen LogP contribution in [0.2, 0.25) is 0 Å². The Morgan fingerprint density at radius 1 is 1.26 bits per heavy atom. The third-order valence-corrected chi connectivity index (χ3v) is 4.29. The van der Waals surface area contributed by atoms with E-state index in [0.29, 0.717) is 12.5 Å². The molecule has 0 amide bonds. The minimum atomic E-state index is 0. The zero-order chi connectivity index (χ0) is 12.4. The Labute approximate surface area is 121 Å². The van der Waals surface area contributed by atoms with E-state index in [1.165, 1.54) is 16.8 Å². The van der Waals surface area contributed by atoms with Gasteiger partial charge < -0.3 is 10.4 Å². The van der Waals surface area contributed by atoms with E-state index < -0.39 is 0 Å². The van der Waals surface area contributed by atoms with E-state index in [2.05, 4.69) is 28.4 Å². The number of para-hydroxylation sites is 1. The average molecular weight is 283 g/mol. The van der Waals surface area contributed by atoms with Crippen molar-refractivity contribution in [1.82, 2.24) is 4.90 Å². The summed E-state index contributed by atoms with van der Waals surface area (Å²) < 4.78 is 0. The number of aliphatic hydroxyl groups is 1. The van der Waals surface area contributed by atoms with Crippen molar-refractivity contribution in [3.8, 4) is 0 Å². The number of hydrogen-bond donors (Lipinski definition) is 2. The van der Waals surface area contributed by atoms with Gasteiger partial charge in [-0.3, -0.25) is 4.90 Å². The van der Waals surface area contributed by atoms with Gasteiger partial charge in [-0.2, -0.15) is 0 Å². The van der Waals surface area contributed by atoms with Crippen LogP contribution in [0.4, 0.5) is 5.69 Å². The van der Waals surface area contributed by atoms with Crippen molar-refractivity contribution in [3.05, 3.63) is 29.3 Å². The van der Waals surface area contributed by atoms with Crippen molar-refractivity contribution in [2.24, 2.45) is 5.92 Å². The molecule has 2 aliphatic heterocycles. The maximum Gasteiger partial charge on any atom is 0.0460 e. The summed E-state index contributed by atoms with van der Waals surface area (Å²) in [6.07, 6.45) is 3.44. The lowest BCUT2D eigenvalue weighted by Crippen LogP contribution is -2.34. The zero-order valence-corrected chi connectivity index (χ0v) is 12.1. The first-order valence-electron chi connectivity index (χ1n) is 7.04. The van der Waals surface area contributed by atoms with E-state index in [9.17, 15) is 0 Å². The van der Waals surface area contributed by atoms with Gasteiger partial charge in [0, 0.05) is 25.4 Å². The van der Waals surface area contributed by atoms with Gasteiger partial charge in [-0.05, 0) is 49.4 Å². The predicted molar refractivity (Wildman–Crippen MR) is 81.0 cm³/mol. The van der Waals surface area contributed by atoms with Crippen LogP contribution in [0.25, 0.3) is 0 Å². The summed E-state index contributed by atoms with van der Waals surface area (Å²) in [5.74, 6) is 0.529. The normalized spacial score (nSPS) is 19.6. The topological polar surface area (TPSA) is 35.5 Å². The first-order chi connectivity index (χ1) is 8.86. The van der Waals surface area contributed by atoms with Crippen molar-refractivity contribution in [2.45, 2.75) is 25.8 Å². The maximum absolute atomic E-state index is 9.17. The standard InChI is InChI=1S/C15H22N2O.ClH/c18-11-12-5-8-17(9-6-12)10-14-3-1-2-13-4-7-16-15(13)14;/h1-3,12,16,18H,4-11H2;1H. The second-order valence-electron chi connectivity index (χ2n) is 5.53. The summed E-state index contributed by atoms with van der Waals surface area (Å²) in [7, 11) is 0. The largest absolute Gasteiger partial charge is 0.396 e. The number of aliphatic hydroxyl groups excluding tert-OH is 1. The van der Waals surface area contributed by atoms with E-state index in [-0.39, 0.29) is 12.4 Å². The summed E-state index contributed by atoms with van der Waals surface area (Å²) in [6.45, 7) is 4.73. The molecule has 1 fully saturated rings. The molecule has 0 atom stereocenters. The summed E-state index contributed by atoms with van der Waals surface area (Å²) >= 11 is 0. The van der Waals surface area contributed by atoms with Crippen LogP contribution in [0, 0.1) is 5.92 Å². The molecule has 0 aromatic heterocycles. The highest BCUT2D eigenvalue weighted by molar-refractivity contribution is 5.85. The van der Waals surface area contributed by atoms with Gasteiger partial charge in [0.1, 0.15) is 0 Å². The predicted octanol–water partition coefficient (Wildman–Crippen LogP) is 2.28. The van der Waals surface area contributed by atoms with Gasteiger partial charge in [0.05, 0.1) is 0 Å². The molecule has 3 rings (SSSR count). The number of fused-ring (bicyclic) bond motifs is 1. The van der Waals surface area contributed by atoms with Crippen LogP contribution in [-0.2, 0) is 13.0 Å². The van der Waals surface area contributed by atoms with Crippen LogP contribution in [-0.4, -0.2) is 36.2 Å². The van der Waals surface area contributed by atoms with Crippen LogP contribution >= 0.6 is 12.4 Å². The number of benzene rings is 1. The van der Waals surface area contributed by atoms with Gasteiger partial charge in [-0.15, -0.1) is 12.4 Å². The van der Waals surface area contributed by atoms with Gasteiger partial charge in [0.2, 0.25) is 0 Å². The van der Waals surface area contributed by atoms with Crippen LogP contribution in [0.5, 0.6) is 0 Å². The molecule has 2 N–H and O–H groups in total.